The molecule has 0 saturated carbocycles. The normalized spacial score (nSPS) is 11.7. The van der Waals surface area contributed by atoms with Gasteiger partial charge in [-0.2, -0.15) is 0 Å². The van der Waals surface area contributed by atoms with Gasteiger partial charge in [0.05, 0.1) is 0 Å². The van der Waals surface area contributed by atoms with Crippen molar-refractivity contribution in [1.82, 2.24) is 0 Å². The number of hydrogen-bond acceptors (Lipinski definition) is 0. The second-order valence-electron chi connectivity index (χ2n) is 3.48. The molecular weight excluding hydrogens is 180 g/mol. The topological polar surface area (TPSA) is 0 Å². The van der Waals surface area contributed by atoms with Gasteiger partial charge in [-0.1, -0.05) is 56.1 Å². The van der Waals surface area contributed by atoms with Gasteiger partial charge >= 0.3 is 0 Å². The van der Waals surface area contributed by atoms with Crippen molar-refractivity contribution in [3.63, 3.8) is 0 Å². The monoisotopic (exact) mass is 202 g/mol. The first kappa shape index (κ1) is 13.8. The van der Waals surface area contributed by atoms with Crippen molar-refractivity contribution in [3.8, 4) is 12.3 Å². The molecule has 82 valence electrons. The lowest BCUT2D eigenvalue weighted by Crippen LogP contribution is -1.70. The Hall–Kier alpha value is -1.22. The van der Waals surface area contributed by atoms with Crippen molar-refractivity contribution in [2.45, 2.75) is 45.4 Å². The number of unbranched alkanes of at least 4 members (excludes halogenated alkanes) is 3. The van der Waals surface area contributed by atoms with Crippen LogP contribution < -0.4 is 0 Å². The molecule has 0 saturated heterocycles. The molecule has 0 heterocycles. The molecule has 0 fully saturated rings. The number of allylic oxidation sites excluding steroid dienone is 6. The summed E-state index contributed by atoms with van der Waals surface area (Å²) in [7, 11) is 0. The van der Waals surface area contributed by atoms with E-state index in [0.717, 1.165) is 12.8 Å². The SMILES string of the molecule is C#CC=CCC=CCC=CCCCCC. The molecule has 0 aromatic carbocycles. The van der Waals surface area contributed by atoms with Crippen molar-refractivity contribution in [2.24, 2.45) is 0 Å². The second kappa shape index (κ2) is 12.8. The van der Waals surface area contributed by atoms with Crippen LogP contribution in [-0.2, 0) is 0 Å². The average molecular weight is 202 g/mol. The van der Waals surface area contributed by atoms with Gasteiger partial charge in [0.2, 0.25) is 0 Å². The number of hydrogen-bond donors (Lipinski definition) is 0. The minimum absolute atomic E-state index is 0.938. The van der Waals surface area contributed by atoms with Crippen molar-refractivity contribution in [1.29, 1.82) is 0 Å². The highest BCUT2D eigenvalue weighted by Crippen LogP contribution is 2.00. The van der Waals surface area contributed by atoms with Crippen molar-refractivity contribution in [3.05, 3.63) is 36.5 Å². The van der Waals surface area contributed by atoms with Gasteiger partial charge in [0.25, 0.3) is 0 Å². The van der Waals surface area contributed by atoms with Gasteiger partial charge in [-0.3, -0.25) is 0 Å². The fraction of sp³-hybridized carbons (Fsp3) is 0.467. The predicted octanol–water partition coefficient (Wildman–Crippen LogP) is 4.65. The molecule has 15 heavy (non-hydrogen) atoms. The summed E-state index contributed by atoms with van der Waals surface area (Å²) in [5, 5.41) is 0. The lowest BCUT2D eigenvalue weighted by atomic mass is 10.2. The van der Waals surface area contributed by atoms with E-state index in [-0.39, 0.29) is 0 Å². The van der Waals surface area contributed by atoms with E-state index in [2.05, 4.69) is 37.1 Å². The van der Waals surface area contributed by atoms with E-state index in [1.165, 1.54) is 25.7 Å². The van der Waals surface area contributed by atoms with E-state index in [1.54, 1.807) is 6.08 Å². The zero-order valence-electron chi connectivity index (χ0n) is 9.78. The van der Waals surface area contributed by atoms with Crippen molar-refractivity contribution in [2.75, 3.05) is 0 Å². The van der Waals surface area contributed by atoms with Crippen LogP contribution in [0, 0.1) is 12.3 Å². The third-order valence-corrected chi connectivity index (χ3v) is 2.07. The van der Waals surface area contributed by atoms with Crippen LogP contribution in [0.1, 0.15) is 45.4 Å². The molecule has 0 amide bonds. The van der Waals surface area contributed by atoms with Gasteiger partial charge < -0.3 is 0 Å². The molecule has 0 rings (SSSR count). The highest BCUT2D eigenvalue weighted by molar-refractivity contribution is 5.10. The summed E-state index contributed by atoms with van der Waals surface area (Å²) in [5.74, 6) is 2.47. The fourth-order valence-corrected chi connectivity index (χ4v) is 1.21. The van der Waals surface area contributed by atoms with Crippen LogP contribution in [0.4, 0.5) is 0 Å². The molecule has 0 aromatic heterocycles. The Bertz CT molecular complexity index is 235. The Labute approximate surface area is 94.8 Å². The second-order valence-corrected chi connectivity index (χ2v) is 3.48. The Balaban J connectivity index is 3.29. The van der Waals surface area contributed by atoms with E-state index in [9.17, 15) is 0 Å². The Morgan fingerprint density at radius 1 is 0.933 bits per heavy atom. The van der Waals surface area contributed by atoms with Gasteiger partial charge in [0, 0.05) is 0 Å². The molecule has 0 spiro atoms. The summed E-state index contributed by atoms with van der Waals surface area (Å²) in [6, 6.07) is 0. The molecule has 0 N–H and O–H groups in total. The maximum absolute atomic E-state index is 5.08. The smallest absolute Gasteiger partial charge is 0.0158 e. The van der Waals surface area contributed by atoms with E-state index < -0.39 is 0 Å². The maximum Gasteiger partial charge on any atom is -0.0158 e. The van der Waals surface area contributed by atoms with Gasteiger partial charge in [-0.15, -0.1) is 6.42 Å². The first-order chi connectivity index (χ1) is 7.41. The highest BCUT2D eigenvalue weighted by Gasteiger charge is 1.80. The Morgan fingerprint density at radius 2 is 1.60 bits per heavy atom. The quantitative estimate of drug-likeness (QED) is 0.305. The third-order valence-electron chi connectivity index (χ3n) is 2.07. The minimum atomic E-state index is 0.938. The van der Waals surface area contributed by atoms with Gasteiger partial charge in [0.1, 0.15) is 0 Å². The van der Waals surface area contributed by atoms with Crippen molar-refractivity contribution < 1.29 is 0 Å². The molecule has 0 aliphatic rings. The molecular formula is C15H22. The summed E-state index contributed by atoms with van der Waals surface area (Å²) >= 11 is 0. The van der Waals surface area contributed by atoms with Gasteiger partial charge in [-0.05, 0) is 31.8 Å². The maximum atomic E-state index is 5.08. The van der Waals surface area contributed by atoms with Crippen LogP contribution in [0.25, 0.3) is 0 Å². The predicted molar refractivity (Wildman–Crippen MR) is 69.6 cm³/mol. The van der Waals surface area contributed by atoms with E-state index in [4.69, 9.17) is 6.42 Å². The molecule has 0 aliphatic carbocycles. The highest BCUT2D eigenvalue weighted by atomic mass is 13.9. The summed E-state index contributed by atoms with van der Waals surface area (Å²) < 4.78 is 0. The van der Waals surface area contributed by atoms with Gasteiger partial charge in [0.15, 0.2) is 0 Å². The van der Waals surface area contributed by atoms with E-state index >= 15 is 0 Å². The zero-order valence-corrected chi connectivity index (χ0v) is 9.78. The molecule has 0 unspecified atom stereocenters. The summed E-state index contributed by atoms with van der Waals surface area (Å²) in [6.45, 7) is 2.23. The molecule has 0 aromatic rings. The molecule has 0 radical (unpaired) electrons. The van der Waals surface area contributed by atoms with Crippen LogP contribution in [-0.4, -0.2) is 0 Å². The number of terminal acetylenes is 1. The zero-order chi connectivity index (χ0) is 11.2. The summed E-state index contributed by atoms with van der Waals surface area (Å²) in [6.07, 6.45) is 24.8. The minimum Gasteiger partial charge on any atom is -0.115 e. The summed E-state index contributed by atoms with van der Waals surface area (Å²) in [4.78, 5) is 0. The Morgan fingerprint density at radius 3 is 2.27 bits per heavy atom. The molecule has 0 aliphatic heterocycles. The van der Waals surface area contributed by atoms with E-state index in [0.29, 0.717) is 0 Å². The first-order valence-electron chi connectivity index (χ1n) is 5.83. The van der Waals surface area contributed by atoms with Crippen molar-refractivity contribution >= 4 is 0 Å². The average Bonchev–Trinajstić information content (AvgIpc) is 2.26. The standard InChI is InChI=1S/C15H22/c1-3-5-7-9-11-13-15-14-12-10-8-6-4-2/h1,5,7,11-14H,4,6,8-10,15H2,2H3. The van der Waals surface area contributed by atoms with Crippen LogP contribution >= 0.6 is 0 Å². The fourth-order valence-electron chi connectivity index (χ4n) is 1.21. The van der Waals surface area contributed by atoms with Crippen LogP contribution in [0.2, 0.25) is 0 Å². The van der Waals surface area contributed by atoms with Gasteiger partial charge in [-0.25, -0.2) is 0 Å². The lowest BCUT2D eigenvalue weighted by Gasteiger charge is -1.90. The molecule has 0 nitrogen and oxygen atoms in total. The van der Waals surface area contributed by atoms with Crippen LogP contribution in [0.5, 0.6) is 0 Å². The lowest BCUT2D eigenvalue weighted by molar-refractivity contribution is 0.728. The third kappa shape index (κ3) is 12.8. The largest absolute Gasteiger partial charge is 0.115 e. The van der Waals surface area contributed by atoms with Crippen LogP contribution in [0.3, 0.4) is 0 Å². The molecule has 0 bridgehead atoms. The first-order valence-corrected chi connectivity index (χ1v) is 5.83. The number of rotatable bonds is 8. The van der Waals surface area contributed by atoms with E-state index in [1.807, 2.05) is 6.08 Å². The molecule has 0 atom stereocenters. The van der Waals surface area contributed by atoms with Crippen LogP contribution in [0.15, 0.2) is 36.5 Å². The molecule has 0 heteroatoms. The summed E-state index contributed by atoms with van der Waals surface area (Å²) in [5.41, 5.74) is 0. The Kier molecular flexibility index (Phi) is 11.7.